The Balaban J connectivity index is 4.40. The van der Waals surface area contributed by atoms with E-state index in [9.17, 15) is 14.4 Å². The number of unbranched alkanes of at least 4 members (excludes halogenated alkanes) is 27. The van der Waals surface area contributed by atoms with Crippen LogP contribution in [-0.4, -0.2) is 37.2 Å². The second-order valence-corrected chi connectivity index (χ2v) is 19.2. The molecule has 0 saturated carbocycles. The van der Waals surface area contributed by atoms with Gasteiger partial charge in [-0.1, -0.05) is 247 Å². The Hall–Kier alpha value is -3.41. The lowest BCUT2D eigenvalue weighted by Gasteiger charge is -2.18. The smallest absolute Gasteiger partial charge is 0.306 e. The van der Waals surface area contributed by atoms with Crippen molar-refractivity contribution in [2.75, 3.05) is 13.2 Å². The van der Waals surface area contributed by atoms with Crippen molar-refractivity contribution < 1.29 is 28.6 Å². The maximum atomic E-state index is 12.8. The molecule has 0 rings (SSSR count). The number of allylic oxidation sites excluding steroid dienone is 14. The summed E-state index contributed by atoms with van der Waals surface area (Å²) < 4.78 is 16.8. The van der Waals surface area contributed by atoms with Crippen molar-refractivity contribution in [1.29, 1.82) is 0 Å². The van der Waals surface area contributed by atoms with E-state index >= 15 is 0 Å². The van der Waals surface area contributed by atoms with Crippen molar-refractivity contribution in [2.24, 2.45) is 0 Å². The predicted molar refractivity (Wildman–Crippen MR) is 297 cm³/mol. The zero-order chi connectivity index (χ0) is 50.0. The first kappa shape index (κ1) is 65.6. The molecule has 0 aromatic carbocycles. The molecule has 0 heterocycles. The van der Waals surface area contributed by atoms with Crippen molar-refractivity contribution in [3.05, 3.63) is 85.1 Å². The number of ether oxygens (including phenoxy) is 3. The van der Waals surface area contributed by atoms with Crippen LogP contribution >= 0.6 is 0 Å². The second kappa shape index (κ2) is 57.2. The van der Waals surface area contributed by atoms with Crippen molar-refractivity contribution in [3.8, 4) is 0 Å². The van der Waals surface area contributed by atoms with Gasteiger partial charge >= 0.3 is 17.9 Å². The van der Waals surface area contributed by atoms with E-state index in [0.717, 1.165) is 116 Å². The van der Waals surface area contributed by atoms with Gasteiger partial charge in [-0.2, -0.15) is 0 Å². The third-order valence-electron chi connectivity index (χ3n) is 12.4. The molecule has 0 aliphatic heterocycles. The third-order valence-corrected chi connectivity index (χ3v) is 12.4. The number of carbonyl (C=O) groups excluding carboxylic acids is 3. The van der Waals surface area contributed by atoms with Gasteiger partial charge in [-0.05, 0) is 96.3 Å². The van der Waals surface area contributed by atoms with Crippen molar-refractivity contribution >= 4 is 17.9 Å². The fourth-order valence-electron chi connectivity index (χ4n) is 8.03. The molecule has 0 aromatic heterocycles. The molecule has 0 aliphatic rings. The zero-order valence-corrected chi connectivity index (χ0v) is 45.3. The number of esters is 3. The van der Waals surface area contributed by atoms with Crippen LogP contribution in [0.25, 0.3) is 0 Å². The highest BCUT2D eigenvalue weighted by atomic mass is 16.6. The molecule has 1 unspecified atom stereocenters. The average Bonchev–Trinajstić information content (AvgIpc) is 3.35. The van der Waals surface area contributed by atoms with Gasteiger partial charge in [-0.25, -0.2) is 0 Å². The van der Waals surface area contributed by atoms with Crippen molar-refractivity contribution in [2.45, 2.75) is 284 Å². The Morgan fingerprint density at radius 1 is 0.304 bits per heavy atom. The number of hydrogen-bond acceptors (Lipinski definition) is 6. The first-order valence-electron chi connectivity index (χ1n) is 29.1. The maximum absolute atomic E-state index is 12.8. The number of hydrogen-bond donors (Lipinski definition) is 0. The number of carbonyl (C=O) groups is 3. The third kappa shape index (κ3) is 55.4. The summed E-state index contributed by atoms with van der Waals surface area (Å²) in [5.74, 6) is -0.913. The van der Waals surface area contributed by atoms with E-state index in [1.165, 1.54) is 122 Å². The minimum Gasteiger partial charge on any atom is -0.462 e. The summed E-state index contributed by atoms with van der Waals surface area (Å²) in [6, 6.07) is 0. The predicted octanol–water partition coefficient (Wildman–Crippen LogP) is 19.5. The lowest BCUT2D eigenvalue weighted by Crippen LogP contribution is -2.30. The van der Waals surface area contributed by atoms with Gasteiger partial charge in [0.2, 0.25) is 0 Å². The van der Waals surface area contributed by atoms with Crippen LogP contribution in [0.2, 0.25) is 0 Å². The summed E-state index contributed by atoms with van der Waals surface area (Å²) >= 11 is 0. The molecule has 6 nitrogen and oxygen atoms in total. The Morgan fingerprint density at radius 3 is 0.913 bits per heavy atom. The topological polar surface area (TPSA) is 78.9 Å². The van der Waals surface area contributed by atoms with Gasteiger partial charge in [0.15, 0.2) is 6.10 Å². The summed E-state index contributed by atoms with van der Waals surface area (Å²) in [5, 5.41) is 0. The first-order chi connectivity index (χ1) is 34.0. The first-order valence-corrected chi connectivity index (χ1v) is 29.1. The van der Waals surface area contributed by atoms with E-state index in [4.69, 9.17) is 14.2 Å². The summed E-state index contributed by atoms with van der Waals surface area (Å²) in [7, 11) is 0. The molecule has 0 radical (unpaired) electrons. The maximum Gasteiger partial charge on any atom is 0.306 e. The van der Waals surface area contributed by atoms with E-state index in [0.29, 0.717) is 19.3 Å². The van der Waals surface area contributed by atoms with Crippen LogP contribution in [0.4, 0.5) is 0 Å². The Labute approximate surface area is 426 Å². The highest BCUT2D eigenvalue weighted by Gasteiger charge is 2.19. The molecule has 0 N–H and O–H groups in total. The second-order valence-electron chi connectivity index (χ2n) is 19.2. The van der Waals surface area contributed by atoms with Crippen LogP contribution in [-0.2, 0) is 28.6 Å². The molecule has 0 spiro atoms. The Bertz CT molecular complexity index is 1330. The van der Waals surface area contributed by atoms with Crippen LogP contribution < -0.4 is 0 Å². The quantitative estimate of drug-likeness (QED) is 0.0262. The van der Waals surface area contributed by atoms with Crippen LogP contribution in [0.15, 0.2) is 85.1 Å². The fourth-order valence-corrected chi connectivity index (χ4v) is 8.03. The lowest BCUT2D eigenvalue weighted by molar-refractivity contribution is -0.167. The van der Waals surface area contributed by atoms with Crippen LogP contribution in [0.1, 0.15) is 278 Å². The van der Waals surface area contributed by atoms with Gasteiger partial charge in [-0.3, -0.25) is 14.4 Å². The monoisotopic (exact) mass is 961 g/mol. The molecule has 0 amide bonds. The number of rotatable bonds is 52. The van der Waals surface area contributed by atoms with Gasteiger partial charge in [0, 0.05) is 19.3 Å². The SMILES string of the molecule is CC/C=C\C/C=C\C/C=C\C/C=C\C/C=C\C/C=C\CCCCCCC(=O)OCC(COC(=O)CCCCCCC/C=C\CCCCCC)OC(=O)CCCCCCCCCCCCCCCCC. The molecule has 0 fully saturated rings. The van der Waals surface area contributed by atoms with Crippen LogP contribution in [0.3, 0.4) is 0 Å². The van der Waals surface area contributed by atoms with Gasteiger partial charge in [0.1, 0.15) is 13.2 Å². The minimum atomic E-state index is -0.789. The molecule has 396 valence electrons. The van der Waals surface area contributed by atoms with E-state index < -0.39 is 6.10 Å². The molecule has 6 heteroatoms. The van der Waals surface area contributed by atoms with Crippen LogP contribution in [0, 0.1) is 0 Å². The molecular weight excluding hydrogens is 853 g/mol. The van der Waals surface area contributed by atoms with Gasteiger partial charge < -0.3 is 14.2 Å². The van der Waals surface area contributed by atoms with Gasteiger partial charge in [0.05, 0.1) is 0 Å². The largest absolute Gasteiger partial charge is 0.462 e. The Morgan fingerprint density at radius 2 is 0.565 bits per heavy atom. The van der Waals surface area contributed by atoms with E-state index in [1.807, 2.05) is 0 Å². The summed E-state index contributed by atoms with van der Waals surface area (Å²) in [6.45, 7) is 6.50. The van der Waals surface area contributed by atoms with Crippen molar-refractivity contribution in [1.82, 2.24) is 0 Å². The fraction of sp³-hybridized carbons (Fsp3) is 0.730. The van der Waals surface area contributed by atoms with E-state index in [2.05, 4.69) is 106 Å². The van der Waals surface area contributed by atoms with Gasteiger partial charge in [-0.15, -0.1) is 0 Å². The van der Waals surface area contributed by atoms with Crippen molar-refractivity contribution in [3.63, 3.8) is 0 Å². The van der Waals surface area contributed by atoms with E-state index in [-0.39, 0.29) is 31.1 Å². The van der Waals surface area contributed by atoms with Crippen LogP contribution in [0.5, 0.6) is 0 Å². The summed E-state index contributed by atoms with van der Waals surface area (Å²) in [5.41, 5.74) is 0. The normalized spacial score (nSPS) is 12.7. The average molecular weight is 962 g/mol. The zero-order valence-electron chi connectivity index (χ0n) is 45.3. The van der Waals surface area contributed by atoms with E-state index in [1.54, 1.807) is 0 Å². The molecule has 69 heavy (non-hydrogen) atoms. The summed E-state index contributed by atoms with van der Waals surface area (Å²) in [6.07, 6.45) is 74.3. The minimum absolute atomic E-state index is 0.0872. The summed E-state index contributed by atoms with van der Waals surface area (Å²) in [4.78, 5) is 38.1. The standard InChI is InChI=1S/C63H108O6/c1-4-7-10-13-16-19-22-25-27-28-29-30-31-32-33-34-36-38-41-44-47-50-53-56-62(65)68-59-60(58-67-61(64)55-52-49-46-43-40-37-24-21-18-15-12-9-6-3)69-63(66)57-54-51-48-45-42-39-35-26-23-20-17-14-11-8-5-2/h7,10,16,19,21,24-25,27,29-30,32-33,36,38,60H,4-6,8-9,11-15,17-18,20,22-23,26,28,31,34-35,37,39-59H2,1-3H3/b10-7-,19-16-,24-21-,27-25-,30-29-,33-32-,38-36-. The van der Waals surface area contributed by atoms with Gasteiger partial charge in [0.25, 0.3) is 0 Å². The highest BCUT2D eigenvalue weighted by molar-refractivity contribution is 5.71. The molecule has 0 aliphatic carbocycles. The Kier molecular flexibility index (Phi) is 54.3. The lowest BCUT2D eigenvalue weighted by atomic mass is 10.0. The molecular formula is C63H108O6. The molecule has 0 aromatic rings. The molecule has 1 atom stereocenters. The highest BCUT2D eigenvalue weighted by Crippen LogP contribution is 2.15. The molecule has 0 saturated heterocycles. The molecule has 0 bridgehead atoms.